The Hall–Kier alpha value is -0.610. The van der Waals surface area contributed by atoms with E-state index in [0.717, 1.165) is 12.8 Å². The minimum atomic E-state index is -1.72. The Morgan fingerprint density at radius 2 is 1.53 bits per heavy atom. The molecule has 0 spiro atoms. The van der Waals surface area contributed by atoms with Crippen LogP contribution in [0, 0.1) is 40.4 Å². The zero-order valence-electron chi connectivity index (χ0n) is 25.7. The fourth-order valence-electron chi connectivity index (χ4n) is 6.61. The summed E-state index contributed by atoms with van der Waals surface area (Å²) in [5, 5.41) is 54.7. The first-order valence-corrected chi connectivity index (χ1v) is 14.6. The van der Waals surface area contributed by atoms with Crippen LogP contribution in [0.3, 0.4) is 0 Å². The van der Waals surface area contributed by atoms with E-state index in [1.165, 1.54) is 6.92 Å². The molecule has 13 atom stereocenters. The van der Waals surface area contributed by atoms with E-state index >= 15 is 0 Å². The van der Waals surface area contributed by atoms with Crippen molar-refractivity contribution >= 4 is 5.71 Å². The van der Waals surface area contributed by atoms with Crippen LogP contribution in [0.25, 0.3) is 0 Å². The van der Waals surface area contributed by atoms with Crippen molar-refractivity contribution in [1.29, 1.82) is 5.41 Å². The summed E-state index contributed by atoms with van der Waals surface area (Å²) in [4.78, 5) is 0. The topological polar surface area (TPSA) is 132 Å². The van der Waals surface area contributed by atoms with Crippen LogP contribution in [0.1, 0.15) is 102 Å². The molecule has 0 aromatic heterocycles. The standard InChI is InChI=1S/C30H57NO7/c1-12-22-30(11,35)26(32)19(5)24(31)17(3)15-29(10,34)28(8,9)21(7)25(20(6)27(33)37-22)38-23-14-16(2)13-18(4)36-23/h16-23,25-27,31-35H,12-15H2,1-11H3/t16-,17-,18+,19+,20-,21+,22-,23+,25-,26-,27?,29-,30-/m1/s1. The van der Waals surface area contributed by atoms with E-state index in [1.54, 1.807) is 13.8 Å². The van der Waals surface area contributed by atoms with E-state index < -0.39 is 59.3 Å². The van der Waals surface area contributed by atoms with E-state index in [2.05, 4.69) is 6.92 Å². The molecule has 2 saturated heterocycles. The number of aliphatic hydroxyl groups is 4. The lowest BCUT2D eigenvalue weighted by atomic mass is 9.61. The van der Waals surface area contributed by atoms with E-state index in [1.807, 2.05) is 48.5 Å². The summed E-state index contributed by atoms with van der Waals surface area (Å²) in [6.07, 6.45) is -2.07. The van der Waals surface area contributed by atoms with Gasteiger partial charge in [-0.25, -0.2) is 0 Å². The predicted octanol–water partition coefficient (Wildman–Crippen LogP) is 4.50. The smallest absolute Gasteiger partial charge is 0.160 e. The summed E-state index contributed by atoms with van der Waals surface area (Å²) < 4.78 is 18.9. The number of ether oxygens (including phenoxy) is 3. The third-order valence-electron chi connectivity index (χ3n) is 10.1. The summed E-state index contributed by atoms with van der Waals surface area (Å²) in [7, 11) is 0. The molecule has 8 nitrogen and oxygen atoms in total. The Bertz CT molecular complexity index is 775. The van der Waals surface area contributed by atoms with Crippen molar-refractivity contribution < 1.29 is 34.6 Å². The first-order chi connectivity index (χ1) is 17.3. The number of nitrogens with one attached hydrogen (secondary N) is 1. The van der Waals surface area contributed by atoms with Crippen LogP contribution in [-0.4, -0.2) is 74.3 Å². The maximum absolute atomic E-state index is 11.9. The van der Waals surface area contributed by atoms with Gasteiger partial charge in [0, 0.05) is 24.0 Å². The van der Waals surface area contributed by atoms with Gasteiger partial charge in [-0.3, -0.25) is 0 Å². The van der Waals surface area contributed by atoms with Gasteiger partial charge >= 0.3 is 0 Å². The van der Waals surface area contributed by atoms with Crippen LogP contribution in [-0.2, 0) is 14.2 Å². The summed E-state index contributed by atoms with van der Waals surface area (Å²) in [6, 6.07) is 0. The van der Waals surface area contributed by atoms with E-state index in [9.17, 15) is 20.4 Å². The quantitative estimate of drug-likeness (QED) is 0.354. The Morgan fingerprint density at radius 1 is 0.947 bits per heavy atom. The van der Waals surface area contributed by atoms with Crippen molar-refractivity contribution in [2.75, 3.05) is 0 Å². The summed E-state index contributed by atoms with van der Waals surface area (Å²) in [5.74, 6) is -1.36. The highest BCUT2D eigenvalue weighted by Crippen LogP contribution is 2.47. The molecule has 224 valence electrons. The third-order valence-corrected chi connectivity index (χ3v) is 10.1. The van der Waals surface area contributed by atoms with Crippen molar-refractivity contribution in [1.82, 2.24) is 0 Å². The first kappa shape index (κ1) is 33.6. The molecule has 2 fully saturated rings. The van der Waals surface area contributed by atoms with Crippen LogP contribution in [0.15, 0.2) is 0 Å². The minimum absolute atomic E-state index is 0.0556. The fraction of sp³-hybridized carbons (Fsp3) is 0.967. The van der Waals surface area contributed by atoms with Crippen LogP contribution < -0.4 is 0 Å². The Morgan fingerprint density at radius 3 is 2.05 bits per heavy atom. The Kier molecular flexibility index (Phi) is 11.0. The molecule has 0 saturated carbocycles. The summed E-state index contributed by atoms with van der Waals surface area (Å²) in [6.45, 7) is 20.8. The molecule has 2 rings (SSSR count). The van der Waals surface area contributed by atoms with Crippen molar-refractivity contribution in [3.8, 4) is 0 Å². The lowest BCUT2D eigenvalue weighted by molar-refractivity contribution is -0.283. The monoisotopic (exact) mass is 543 g/mol. The van der Waals surface area contributed by atoms with Gasteiger partial charge in [0.15, 0.2) is 12.6 Å². The molecule has 2 aliphatic heterocycles. The molecule has 0 aromatic carbocycles. The minimum Gasteiger partial charge on any atom is -0.390 e. The molecular formula is C30H57NO7. The first-order valence-electron chi connectivity index (χ1n) is 14.6. The molecule has 0 radical (unpaired) electrons. The van der Waals surface area contributed by atoms with Crippen LogP contribution in [0.2, 0.25) is 0 Å². The van der Waals surface area contributed by atoms with Gasteiger partial charge in [-0.2, -0.15) is 0 Å². The molecule has 2 aliphatic rings. The maximum atomic E-state index is 11.9. The zero-order chi connectivity index (χ0) is 29.4. The van der Waals surface area contributed by atoms with Crippen molar-refractivity contribution in [2.45, 2.75) is 150 Å². The lowest BCUT2D eigenvalue weighted by Crippen LogP contribution is -2.58. The molecule has 8 heteroatoms. The van der Waals surface area contributed by atoms with Gasteiger partial charge in [-0.05, 0) is 63.2 Å². The van der Waals surface area contributed by atoms with E-state index in [-0.39, 0.29) is 23.7 Å². The van der Waals surface area contributed by atoms with Gasteiger partial charge in [-0.15, -0.1) is 0 Å². The molecule has 1 unspecified atom stereocenters. The molecule has 0 bridgehead atoms. The second-order valence-corrected chi connectivity index (χ2v) is 13.6. The number of rotatable bonds is 3. The largest absolute Gasteiger partial charge is 0.390 e. The maximum Gasteiger partial charge on any atom is 0.160 e. The molecule has 5 N–H and O–H groups in total. The Labute approximate surface area is 231 Å². The molecule has 0 amide bonds. The van der Waals surface area contributed by atoms with Crippen molar-refractivity contribution in [3.05, 3.63) is 0 Å². The zero-order valence-corrected chi connectivity index (χ0v) is 25.7. The van der Waals surface area contributed by atoms with Crippen LogP contribution in [0.5, 0.6) is 0 Å². The lowest BCUT2D eigenvalue weighted by Gasteiger charge is -2.51. The molecular weight excluding hydrogens is 486 g/mol. The van der Waals surface area contributed by atoms with Crippen LogP contribution >= 0.6 is 0 Å². The van der Waals surface area contributed by atoms with E-state index in [4.69, 9.17) is 19.6 Å². The average molecular weight is 544 g/mol. The van der Waals surface area contributed by atoms with Gasteiger partial charge in [0.1, 0.15) is 5.60 Å². The molecule has 0 aromatic rings. The summed E-state index contributed by atoms with van der Waals surface area (Å²) >= 11 is 0. The van der Waals surface area contributed by atoms with Gasteiger partial charge in [0.25, 0.3) is 0 Å². The number of hydrogen-bond acceptors (Lipinski definition) is 8. The molecule has 38 heavy (non-hydrogen) atoms. The highest BCUT2D eigenvalue weighted by molar-refractivity contribution is 5.86. The van der Waals surface area contributed by atoms with Gasteiger partial charge < -0.3 is 40.0 Å². The normalized spacial score (nSPS) is 49.9. The van der Waals surface area contributed by atoms with Gasteiger partial charge in [-0.1, -0.05) is 55.4 Å². The fourth-order valence-corrected chi connectivity index (χ4v) is 6.61. The SMILES string of the molecule is CC[C@H]1OC(O)[C@H](C)[C@@H](O[C@H]2C[C@H](C)C[C@H](C)O2)[C@H](C)C(C)(C)[C@](C)(O)C[C@@H](C)C(=N)[C@H](C)[C@@H](O)[C@]1(C)O. The Balaban J connectivity index is 2.57. The van der Waals surface area contributed by atoms with E-state index in [0.29, 0.717) is 18.8 Å². The summed E-state index contributed by atoms with van der Waals surface area (Å²) in [5.41, 5.74) is -3.35. The molecule has 2 heterocycles. The van der Waals surface area contributed by atoms with Gasteiger partial charge in [0.05, 0.1) is 30.0 Å². The van der Waals surface area contributed by atoms with Crippen LogP contribution in [0.4, 0.5) is 0 Å². The third kappa shape index (κ3) is 6.99. The van der Waals surface area contributed by atoms with Gasteiger partial charge in [0.2, 0.25) is 0 Å². The highest BCUT2D eigenvalue weighted by atomic mass is 16.7. The number of hydrogen-bond donors (Lipinski definition) is 5. The second kappa shape index (κ2) is 12.5. The second-order valence-electron chi connectivity index (χ2n) is 13.6. The van der Waals surface area contributed by atoms with Crippen molar-refractivity contribution in [3.63, 3.8) is 0 Å². The average Bonchev–Trinajstić information content (AvgIpc) is 2.81. The number of aliphatic hydroxyl groups excluding tert-OH is 2. The predicted molar refractivity (Wildman–Crippen MR) is 149 cm³/mol. The molecule has 0 aliphatic carbocycles. The highest BCUT2D eigenvalue weighted by Gasteiger charge is 2.52. The van der Waals surface area contributed by atoms with Crippen molar-refractivity contribution in [2.24, 2.45) is 35.0 Å².